The van der Waals surface area contributed by atoms with Gasteiger partial charge in [0.05, 0.1) is 20.8 Å². The highest BCUT2D eigenvalue weighted by atomic mass is 16.5. The zero-order chi connectivity index (χ0) is 23.9. The van der Waals surface area contributed by atoms with Crippen molar-refractivity contribution in [3.8, 4) is 22.9 Å². The molecule has 0 spiro atoms. The van der Waals surface area contributed by atoms with Crippen LogP contribution in [0, 0.1) is 5.92 Å². The molecule has 1 saturated heterocycles. The first kappa shape index (κ1) is 23.5. The zero-order valence-corrected chi connectivity index (χ0v) is 19.6. The molecule has 0 aliphatic carbocycles. The van der Waals surface area contributed by atoms with Crippen molar-refractivity contribution in [2.24, 2.45) is 5.92 Å². The summed E-state index contributed by atoms with van der Waals surface area (Å²) in [7, 11) is 3.19. The van der Waals surface area contributed by atoms with E-state index in [1.165, 1.54) is 0 Å². The highest BCUT2D eigenvalue weighted by molar-refractivity contribution is 5.95. The number of para-hydroxylation sites is 1. The van der Waals surface area contributed by atoms with Crippen molar-refractivity contribution in [1.82, 2.24) is 15.0 Å². The van der Waals surface area contributed by atoms with E-state index < -0.39 is 0 Å². The molecule has 0 saturated carbocycles. The molecule has 0 unspecified atom stereocenters. The molecule has 1 aliphatic rings. The van der Waals surface area contributed by atoms with Gasteiger partial charge in [-0.1, -0.05) is 29.4 Å². The minimum Gasteiger partial charge on any atom is -0.493 e. The van der Waals surface area contributed by atoms with E-state index in [1.54, 1.807) is 20.3 Å². The molecule has 0 atom stereocenters. The van der Waals surface area contributed by atoms with Crippen molar-refractivity contribution in [2.45, 2.75) is 19.4 Å². The second kappa shape index (κ2) is 11.0. The lowest BCUT2D eigenvalue weighted by Crippen LogP contribution is -2.42. The van der Waals surface area contributed by atoms with Crippen LogP contribution in [-0.2, 0) is 11.3 Å². The molecule has 2 aromatic carbocycles. The van der Waals surface area contributed by atoms with Crippen LogP contribution in [0.25, 0.3) is 11.4 Å². The van der Waals surface area contributed by atoms with Gasteiger partial charge >= 0.3 is 0 Å². The number of aromatic nitrogens is 2. The molecule has 0 radical (unpaired) electrons. The number of hydrogen-bond acceptors (Lipinski definition) is 7. The van der Waals surface area contributed by atoms with E-state index in [0.717, 1.165) is 37.2 Å². The second-order valence-corrected chi connectivity index (χ2v) is 8.20. The Hall–Kier alpha value is -3.65. The van der Waals surface area contributed by atoms with Crippen LogP contribution >= 0.6 is 0 Å². The van der Waals surface area contributed by atoms with Gasteiger partial charge in [-0.25, -0.2) is 0 Å². The lowest BCUT2D eigenvalue weighted by molar-refractivity contribution is -0.123. The number of carbonyl (C=O) groups is 1. The van der Waals surface area contributed by atoms with Gasteiger partial charge in [-0.2, -0.15) is 4.98 Å². The molecule has 1 amide bonds. The van der Waals surface area contributed by atoms with E-state index in [9.17, 15) is 4.79 Å². The number of benzene rings is 2. The van der Waals surface area contributed by atoms with Gasteiger partial charge in [0.1, 0.15) is 0 Å². The maximum Gasteiger partial charge on any atom is 0.241 e. The van der Waals surface area contributed by atoms with E-state index in [-0.39, 0.29) is 11.8 Å². The van der Waals surface area contributed by atoms with Gasteiger partial charge in [0.15, 0.2) is 11.5 Å². The number of likely N-dealkylation sites (tertiary alicyclic amines) is 1. The van der Waals surface area contributed by atoms with Crippen molar-refractivity contribution < 1.29 is 18.8 Å². The van der Waals surface area contributed by atoms with Crippen LogP contribution in [0.4, 0.5) is 5.69 Å². The number of ether oxygens (including phenoxy) is 2. The number of amides is 1. The fourth-order valence-corrected chi connectivity index (χ4v) is 4.22. The summed E-state index contributed by atoms with van der Waals surface area (Å²) in [6.45, 7) is 6.46. The Kier molecular flexibility index (Phi) is 7.59. The molecule has 4 rings (SSSR count). The molecule has 178 valence electrons. The van der Waals surface area contributed by atoms with Gasteiger partial charge in [-0.05, 0) is 56.3 Å². The van der Waals surface area contributed by atoms with Crippen molar-refractivity contribution in [1.29, 1.82) is 0 Å². The predicted octanol–water partition coefficient (Wildman–Crippen LogP) is 4.19. The maximum absolute atomic E-state index is 13.2. The summed E-state index contributed by atoms with van der Waals surface area (Å²) in [5.74, 6) is 2.45. The maximum atomic E-state index is 13.2. The Bertz CT molecular complexity index is 1110. The highest BCUT2D eigenvalue weighted by Gasteiger charge is 2.29. The number of methoxy groups -OCH3 is 2. The van der Waals surface area contributed by atoms with Crippen molar-refractivity contribution in [2.75, 3.05) is 38.8 Å². The van der Waals surface area contributed by atoms with Gasteiger partial charge in [-0.15, -0.1) is 6.58 Å². The summed E-state index contributed by atoms with van der Waals surface area (Å²) >= 11 is 0. The fraction of sp³-hybridized carbons (Fsp3) is 0.346. The topological polar surface area (TPSA) is 80.9 Å². The monoisotopic (exact) mass is 462 g/mol. The number of nitrogens with zero attached hydrogens (tertiary/aromatic N) is 4. The van der Waals surface area contributed by atoms with E-state index in [1.807, 2.05) is 53.4 Å². The van der Waals surface area contributed by atoms with Crippen LogP contribution < -0.4 is 14.4 Å². The Morgan fingerprint density at radius 2 is 1.88 bits per heavy atom. The van der Waals surface area contributed by atoms with E-state index in [4.69, 9.17) is 14.0 Å². The third kappa shape index (κ3) is 5.28. The molecule has 8 heteroatoms. The average Bonchev–Trinajstić information content (AvgIpc) is 3.36. The van der Waals surface area contributed by atoms with E-state index >= 15 is 0 Å². The van der Waals surface area contributed by atoms with Crippen molar-refractivity contribution in [3.05, 3.63) is 67.1 Å². The zero-order valence-electron chi connectivity index (χ0n) is 19.6. The molecule has 3 aromatic rings. The molecule has 1 aliphatic heterocycles. The van der Waals surface area contributed by atoms with Gasteiger partial charge in [0.2, 0.25) is 17.6 Å². The molecule has 2 heterocycles. The first-order valence-corrected chi connectivity index (χ1v) is 11.4. The molecule has 34 heavy (non-hydrogen) atoms. The van der Waals surface area contributed by atoms with Crippen molar-refractivity contribution >= 4 is 11.6 Å². The summed E-state index contributed by atoms with van der Waals surface area (Å²) in [6, 6.07) is 15.3. The van der Waals surface area contributed by atoms with Crippen LogP contribution in [0.1, 0.15) is 18.7 Å². The van der Waals surface area contributed by atoms with Gasteiger partial charge in [-0.3, -0.25) is 9.69 Å². The van der Waals surface area contributed by atoms with Crippen LogP contribution in [0.15, 0.2) is 65.7 Å². The lowest BCUT2D eigenvalue weighted by atomic mass is 9.95. The standard InChI is InChI=1S/C26H30N4O4/c1-4-14-30(21-8-6-5-7-9-21)26(31)19-12-15-29(16-13-19)18-24-27-25(28-34-24)20-10-11-22(32-2)23(17-20)33-3/h4-11,17,19H,1,12-16,18H2,2-3H3. The smallest absolute Gasteiger partial charge is 0.241 e. The normalized spacial score (nSPS) is 14.5. The molecular weight excluding hydrogens is 432 g/mol. The first-order valence-electron chi connectivity index (χ1n) is 11.4. The second-order valence-electron chi connectivity index (χ2n) is 8.20. The van der Waals surface area contributed by atoms with Crippen LogP contribution in [0.2, 0.25) is 0 Å². The SMILES string of the molecule is C=CCN(C(=O)C1CCN(Cc2nc(-c3ccc(OC)c(OC)c3)no2)CC1)c1ccccc1. The van der Waals surface area contributed by atoms with Crippen LogP contribution in [0.5, 0.6) is 11.5 Å². The van der Waals surface area contributed by atoms with Gasteiger partial charge in [0, 0.05) is 23.7 Å². The van der Waals surface area contributed by atoms with Crippen LogP contribution in [-0.4, -0.2) is 54.8 Å². The Morgan fingerprint density at radius 3 is 2.56 bits per heavy atom. The fourth-order valence-electron chi connectivity index (χ4n) is 4.22. The quantitative estimate of drug-likeness (QED) is 0.441. The molecular formula is C26H30N4O4. The number of anilines is 1. The highest BCUT2D eigenvalue weighted by Crippen LogP contribution is 2.31. The molecule has 0 bridgehead atoms. The lowest BCUT2D eigenvalue weighted by Gasteiger charge is -2.33. The third-order valence-electron chi connectivity index (χ3n) is 6.05. The van der Waals surface area contributed by atoms with Gasteiger partial charge < -0.3 is 18.9 Å². The summed E-state index contributed by atoms with van der Waals surface area (Å²) in [4.78, 5) is 21.8. The number of rotatable bonds is 9. The van der Waals surface area contributed by atoms with E-state index in [0.29, 0.717) is 36.3 Å². The number of piperidine rings is 1. The van der Waals surface area contributed by atoms with Crippen molar-refractivity contribution in [3.63, 3.8) is 0 Å². The Balaban J connectivity index is 1.35. The molecule has 1 fully saturated rings. The number of hydrogen-bond donors (Lipinski definition) is 0. The molecule has 1 aromatic heterocycles. The summed E-state index contributed by atoms with van der Waals surface area (Å²) in [5, 5.41) is 4.12. The largest absolute Gasteiger partial charge is 0.493 e. The average molecular weight is 463 g/mol. The third-order valence-corrected chi connectivity index (χ3v) is 6.05. The summed E-state index contributed by atoms with van der Waals surface area (Å²) in [6.07, 6.45) is 3.34. The van der Waals surface area contributed by atoms with E-state index in [2.05, 4.69) is 21.6 Å². The predicted molar refractivity (Wildman–Crippen MR) is 130 cm³/mol. The minimum atomic E-state index is -0.0126. The molecule has 0 N–H and O–H groups in total. The minimum absolute atomic E-state index is 0.0126. The summed E-state index contributed by atoms with van der Waals surface area (Å²) < 4.78 is 16.1. The summed E-state index contributed by atoms with van der Waals surface area (Å²) in [5.41, 5.74) is 1.70. The number of carbonyl (C=O) groups excluding carboxylic acids is 1. The Labute approximate surface area is 199 Å². The van der Waals surface area contributed by atoms with Crippen LogP contribution in [0.3, 0.4) is 0 Å². The molecule has 8 nitrogen and oxygen atoms in total. The van der Waals surface area contributed by atoms with Gasteiger partial charge in [0.25, 0.3) is 0 Å². The Morgan fingerprint density at radius 1 is 1.15 bits per heavy atom. The first-order chi connectivity index (χ1) is 16.6.